The van der Waals surface area contributed by atoms with E-state index in [0.717, 1.165) is 12.8 Å². The van der Waals surface area contributed by atoms with Crippen molar-refractivity contribution in [1.82, 2.24) is 5.32 Å². The van der Waals surface area contributed by atoms with Gasteiger partial charge in [0.25, 0.3) is 0 Å². The van der Waals surface area contributed by atoms with Crippen molar-refractivity contribution in [2.75, 3.05) is 13.7 Å². The fourth-order valence-corrected chi connectivity index (χ4v) is 2.29. The zero-order valence-electron chi connectivity index (χ0n) is 11.3. The van der Waals surface area contributed by atoms with E-state index in [4.69, 9.17) is 10.5 Å². The quantitative estimate of drug-likeness (QED) is 0.730. The predicted molar refractivity (Wildman–Crippen MR) is 74.8 cm³/mol. The van der Waals surface area contributed by atoms with Crippen molar-refractivity contribution in [2.24, 2.45) is 5.73 Å². The van der Waals surface area contributed by atoms with E-state index in [1.165, 1.54) is 5.56 Å². The highest BCUT2D eigenvalue weighted by Gasteiger charge is 2.39. The van der Waals surface area contributed by atoms with Crippen LogP contribution in [0.1, 0.15) is 30.7 Å². The van der Waals surface area contributed by atoms with Gasteiger partial charge in [0.05, 0.1) is 6.04 Å². The maximum atomic E-state index is 11.9. The van der Waals surface area contributed by atoms with Crippen molar-refractivity contribution in [3.05, 3.63) is 35.9 Å². The molecule has 1 aliphatic carbocycles. The Kier molecular flexibility index (Phi) is 4.93. The van der Waals surface area contributed by atoms with Gasteiger partial charge in [0, 0.05) is 25.7 Å². The summed E-state index contributed by atoms with van der Waals surface area (Å²) in [6.07, 6.45) is 2.50. The highest BCUT2D eigenvalue weighted by atomic mass is 16.5. The standard InChI is InChI=1S/C15H22N2O2/c1-19-9-5-8-13(16)15(18)17-14-10-12(14)11-6-3-2-4-7-11/h2-4,6-7,12-14H,5,8-10,16H2,1H3,(H,17,18). The van der Waals surface area contributed by atoms with Crippen LogP contribution in [-0.4, -0.2) is 31.7 Å². The topological polar surface area (TPSA) is 64.3 Å². The molecule has 1 aromatic rings. The average molecular weight is 262 g/mol. The molecule has 4 nitrogen and oxygen atoms in total. The van der Waals surface area contributed by atoms with Crippen LogP contribution in [0, 0.1) is 0 Å². The lowest BCUT2D eigenvalue weighted by Crippen LogP contribution is -2.42. The molecule has 0 bridgehead atoms. The van der Waals surface area contributed by atoms with Crippen LogP contribution in [0.3, 0.4) is 0 Å². The van der Waals surface area contributed by atoms with Gasteiger partial charge in [-0.3, -0.25) is 4.79 Å². The molecule has 1 fully saturated rings. The van der Waals surface area contributed by atoms with Crippen LogP contribution in [0.15, 0.2) is 30.3 Å². The first-order valence-corrected chi connectivity index (χ1v) is 6.82. The molecule has 0 saturated heterocycles. The Hall–Kier alpha value is -1.39. The summed E-state index contributed by atoms with van der Waals surface area (Å²) in [5.41, 5.74) is 7.14. The molecule has 4 heteroatoms. The van der Waals surface area contributed by atoms with E-state index < -0.39 is 6.04 Å². The Morgan fingerprint density at radius 1 is 1.47 bits per heavy atom. The third kappa shape index (κ3) is 4.04. The van der Waals surface area contributed by atoms with Gasteiger partial charge in [-0.05, 0) is 24.8 Å². The van der Waals surface area contributed by atoms with Gasteiger partial charge < -0.3 is 15.8 Å². The predicted octanol–water partition coefficient (Wildman–Crippen LogP) is 1.41. The monoisotopic (exact) mass is 262 g/mol. The number of nitrogens with two attached hydrogens (primary N) is 1. The molecule has 1 amide bonds. The summed E-state index contributed by atoms with van der Waals surface area (Å²) in [6.45, 7) is 0.650. The Labute approximate surface area is 114 Å². The largest absolute Gasteiger partial charge is 0.385 e. The number of amides is 1. The molecule has 19 heavy (non-hydrogen) atoms. The molecular formula is C15H22N2O2. The smallest absolute Gasteiger partial charge is 0.237 e. The highest BCUT2D eigenvalue weighted by Crippen LogP contribution is 2.40. The van der Waals surface area contributed by atoms with E-state index >= 15 is 0 Å². The maximum Gasteiger partial charge on any atom is 0.237 e. The number of hydrogen-bond donors (Lipinski definition) is 2. The van der Waals surface area contributed by atoms with Crippen LogP contribution in [0.4, 0.5) is 0 Å². The van der Waals surface area contributed by atoms with Gasteiger partial charge in [-0.15, -0.1) is 0 Å². The van der Waals surface area contributed by atoms with Crippen molar-refractivity contribution in [3.63, 3.8) is 0 Å². The van der Waals surface area contributed by atoms with Crippen molar-refractivity contribution in [3.8, 4) is 0 Å². The molecule has 1 saturated carbocycles. The second-order valence-corrected chi connectivity index (χ2v) is 5.11. The van der Waals surface area contributed by atoms with Gasteiger partial charge >= 0.3 is 0 Å². The molecular weight excluding hydrogens is 240 g/mol. The molecule has 1 aromatic carbocycles. The molecule has 1 aliphatic rings. The van der Waals surface area contributed by atoms with E-state index in [0.29, 0.717) is 18.9 Å². The second kappa shape index (κ2) is 6.68. The number of ether oxygens (including phenoxy) is 1. The Bertz CT molecular complexity index is 408. The number of methoxy groups -OCH3 is 1. The van der Waals surface area contributed by atoms with E-state index in [2.05, 4.69) is 17.4 Å². The lowest BCUT2D eigenvalue weighted by atomic mass is 10.1. The molecule has 0 aliphatic heterocycles. The fraction of sp³-hybridized carbons (Fsp3) is 0.533. The van der Waals surface area contributed by atoms with Crippen molar-refractivity contribution >= 4 is 5.91 Å². The van der Waals surface area contributed by atoms with Crippen molar-refractivity contribution in [1.29, 1.82) is 0 Å². The summed E-state index contributed by atoms with van der Waals surface area (Å²) >= 11 is 0. The SMILES string of the molecule is COCCCC(N)C(=O)NC1CC1c1ccccc1. The minimum absolute atomic E-state index is 0.0421. The average Bonchev–Trinajstić information content (AvgIpc) is 3.19. The Balaban J connectivity index is 1.73. The van der Waals surface area contributed by atoms with Crippen LogP contribution in [0.2, 0.25) is 0 Å². The van der Waals surface area contributed by atoms with E-state index in [1.807, 2.05) is 18.2 Å². The molecule has 2 rings (SSSR count). The van der Waals surface area contributed by atoms with E-state index in [9.17, 15) is 4.79 Å². The lowest BCUT2D eigenvalue weighted by Gasteiger charge is -2.12. The summed E-state index contributed by atoms with van der Waals surface area (Å²) in [6, 6.07) is 10.1. The van der Waals surface area contributed by atoms with Gasteiger partial charge in [0.1, 0.15) is 0 Å². The number of nitrogens with one attached hydrogen (secondary N) is 1. The molecule has 0 heterocycles. The van der Waals surface area contributed by atoms with Gasteiger partial charge in [-0.2, -0.15) is 0 Å². The third-order valence-electron chi connectivity index (χ3n) is 3.55. The second-order valence-electron chi connectivity index (χ2n) is 5.11. The van der Waals surface area contributed by atoms with Crippen LogP contribution >= 0.6 is 0 Å². The molecule has 0 radical (unpaired) electrons. The van der Waals surface area contributed by atoms with Crippen molar-refractivity contribution in [2.45, 2.75) is 37.3 Å². The third-order valence-corrected chi connectivity index (χ3v) is 3.55. The number of rotatable bonds is 7. The first kappa shape index (κ1) is 14.0. The van der Waals surface area contributed by atoms with E-state index in [1.54, 1.807) is 7.11 Å². The van der Waals surface area contributed by atoms with Crippen molar-refractivity contribution < 1.29 is 9.53 Å². The van der Waals surface area contributed by atoms with Crippen LogP contribution in [0.5, 0.6) is 0 Å². The van der Waals surface area contributed by atoms with Crippen LogP contribution < -0.4 is 11.1 Å². The van der Waals surface area contributed by atoms with Gasteiger partial charge in [0.2, 0.25) is 5.91 Å². The van der Waals surface area contributed by atoms with E-state index in [-0.39, 0.29) is 11.9 Å². The van der Waals surface area contributed by atoms with Gasteiger partial charge in [0.15, 0.2) is 0 Å². The normalized spacial score (nSPS) is 22.8. The Morgan fingerprint density at radius 2 is 2.21 bits per heavy atom. The zero-order valence-corrected chi connectivity index (χ0v) is 11.3. The first-order valence-electron chi connectivity index (χ1n) is 6.82. The van der Waals surface area contributed by atoms with Crippen LogP contribution in [-0.2, 0) is 9.53 Å². The number of carbonyl (C=O) groups excluding carboxylic acids is 1. The zero-order chi connectivity index (χ0) is 13.7. The summed E-state index contributed by atoms with van der Waals surface area (Å²) in [4.78, 5) is 11.9. The highest BCUT2D eigenvalue weighted by molar-refractivity contribution is 5.82. The maximum absolute atomic E-state index is 11.9. The number of carbonyl (C=O) groups is 1. The first-order chi connectivity index (χ1) is 9.22. The molecule has 104 valence electrons. The summed E-state index contributed by atoms with van der Waals surface area (Å²) in [5.74, 6) is 0.413. The molecule has 0 aromatic heterocycles. The number of hydrogen-bond acceptors (Lipinski definition) is 3. The molecule has 3 N–H and O–H groups in total. The summed E-state index contributed by atoms with van der Waals surface area (Å²) in [7, 11) is 1.65. The molecule has 0 spiro atoms. The lowest BCUT2D eigenvalue weighted by molar-refractivity contribution is -0.122. The fourth-order valence-electron chi connectivity index (χ4n) is 2.29. The minimum atomic E-state index is -0.424. The minimum Gasteiger partial charge on any atom is -0.385 e. The molecule has 3 atom stereocenters. The molecule has 3 unspecified atom stereocenters. The summed E-state index contributed by atoms with van der Waals surface area (Å²) in [5, 5.41) is 3.02. The van der Waals surface area contributed by atoms with Gasteiger partial charge in [-0.25, -0.2) is 0 Å². The summed E-state index contributed by atoms with van der Waals surface area (Å²) < 4.78 is 4.95. The van der Waals surface area contributed by atoms with Crippen LogP contribution in [0.25, 0.3) is 0 Å². The number of benzene rings is 1. The van der Waals surface area contributed by atoms with Gasteiger partial charge in [-0.1, -0.05) is 30.3 Å². The Morgan fingerprint density at radius 3 is 2.89 bits per heavy atom.